The predicted octanol–water partition coefficient (Wildman–Crippen LogP) is 3.77. The lowest BCUT2D eigenvalue weighted by Crippen LogP contribution is -2.02. The minimum Gasteiger partial charge on any atom is -0.339 e. The molecule has 94 valence electrons. The first kappa shape index (κ1) is 12.7. The third-order valence-corrected chi connectivity index (χ3v) is 2.89. The van der Waals surface area contributed by atoms with Crippen LogP contribution in [0, 0.1) is 25.9 Å². The average Bonchev–Trinajstić information content (AvgIpc) is 2.30. The Morgan fingerprint density at radius 3 is 2.50 bits per heavy atom. The molecule has 6 heteroatoms. The van der Waals surface area contributed by atoms with E-state index in [9.17, 15) is 8.78 Å². The minimum absolute atomic E-state index is 0.0927. The smallest absolute Gasteiger partial charge is 0.313 e. The minimum atomic E-state index is -1.16. The molecule has 0 aliphatic carbocycles. The maximum Gasteiger partial charge on any atom is 0.313 e. The van der Waals surface area contributed by atoms with Gasteiger partial charge in [-0.1, -0.05) is 17.7 Å². The fourth-order valence-corrected chi connectivity index (χ4v) is 1.56. The molecule has 0 saturated heterocycles. The summed E-state index contributed by atoms with van der Waals surface area (Å²) in [5.74, 6) is -1.18. The fraction of sp³-hybridized carbons (Fsp3) is 0.167. The van der Waals surface area contributed by atoms with Crippen molar-refractivity contribution in [3.05, 3.63) is 46.4 Å². The molecular weight excluding hydrogens is 260 g/mol. The van der Waals surface area contributed by atoms with Gasteiger partial charge in [-0.05, 0) is 37.1 Å². The van der Waals surface area contributed by atoms with E-state index < -0.39 is 12.0 Å². The molecule has 18 heavy (non-hydrogen) atoms. The molecule has 1 aromatic carbocycles. The molecule has 0 unspecified atom stereocenters. The lowest BCUT2D eigenvalue weighted by Gasteiger charge is -2.09. The molecule has 3 nitrogen and oxygen atoms in total. The van der Waals surface area contributed by atoms with Crippen molar-refractivity contribution in [1.29, 1.82) is 0 Å². The van der Waals surface area contributed by atoms with E-state index in [0.29, 0.717) is 5.69 Å². The Labute approximate surface area is 108 Å². The van der Waals surface area contributed by atoms with Gasteiger partial charge in [0.25, 0.3) is 0 Å². The van der Waals surface area contributed by atoms with Crippen molar-refractivity contribution in [2.45, 2.75) is 13.8 Å². The molecule has 0 saturated carbocycles. The average molecular weight is 270 g/mol. The van der Waals surface area contributed by atoms with Gasteiger partial charge in [-0.3, -0.25) is 0 Å². The van der Waals surface area contributed by atoms with E-state index in [1.54, 1.807) is 6.07 Å². The van der Waals surface area contributed by atoms with E-state index >= 15 is 0 Å². The van der Waals surface area contributed by atoms with Crippen LogP contribution in [0.4, 0.5) is 20.3 Å². The summed E-state index contributed by atoms with van der Waals surface area (Å²) in [7, 11) is 0. The molecule has 0 atom stereocenters. The van der Waals surface area contributed by atoms with Gasteiger partial charge in [-0.15, -0.1) is 0 Å². The first-order chi connectivity index (χ1) is 8.47. The highest BCUT2D eigenvalue weighted by atomic mass is 35.5. The van der Waals surface area contributed by atoms with Crippen LogP contribution in [0.2, 0.25) is 5.02 Å². The number of hydrogen-bond acceptors (Lipinski definition) is 3. The molecule has 0 spiro atoms. The Bertz CT molecular complexity index is 602. The van der Waals surface area contributed by atoms with Crippen LogP contribution in [0.5, 0.6) is 0 Å². The number of rotatable bonds is 2. The van der Waals surface area contributed by atoms with Crippen LogP contribution in [-0.2, 0) is 0 Å². The van der Waals surface area contributed by atoms with Crippen molar-refractivity contribution in [1.82, 2.24) is 9.97 Å². The summed E-state index contributed by atoms with van der Waals surface area (Å²) >= 11 is 5.66. The van der Waals surface area contributed by atoms with Crippen LogP contribution in [0.25, 0.3) is 0 Å². The first-order valence-electron chi connectivity index (χ1n) is 5.20. The first-order valence-corrected chi connectivity index (χ1v) is 5.58. The predicted molar refractivity (Wildman–Crippen MR) is 66.2 cm³/mol. The van der Waals surface area contributed by atoms with Crippen LogP contribution >= 0.6 is 11.6 Å². The molecule has 2 rings (SSSR count). The van der Waals surface area contributed by atoms with Crippen molar-refractivity contribution >= 4 is 23.1 Å². The number of halogens is 3. The van der Waals surface area contributed by atoms with Gasteiger partial charge in [0, 0.05) is 5.69 Å². The van der Waals surface area contributed by atoms with Crippen molar-refractivity contribution < 1.29 is 8.78 Å². The number of hydrogen-bond donors (Lipinski definition) is 1. The maximum atomic E-state index is 13.1. The lowest BCUT2D eigenvalue weighted by atomic mass is 10.1. The summed E-state index contributed by atoms with van der Waals surface area (Å²) in [5, 5.41) is 2.42. The monoisotopic (exact) mass is 269 g/mol. The molecule has 1 N–H and O–H groups in total. The van der Waals surface area contributed by atoms with Gasteiger partial charge in [-0.25, -0.2) is 0 Å². The van der Waals surface area contributed by atoms with E-state index in [1.165, 1.54) is 0 Å². The summed E-state index contributed by atoms with van der Waals surface area (Å²) in [6.45, 7) is 3.90. The number of nitrogens with one attached hydrogen (secondary N) is 1. The van der Waals surface area contributed by atoms with Gasteiger partial charge in [-0.2, -0.15) is 18.7 Å². The van der Waals surface area contributed by atoms with Crippen molar-refractivity contribution in [3.8, 4) is 0 Å². The van der Waals surface area contributed by atoms with Gasteiger partial charge in [0.05, 0.1) is 0 Å². The molecule has 0 radical (unpaired) electrons. The third kappa shape index (κ3) is 2.56. The number of aromatic nitrogens is 2. The highest BCUT2D eigenvalue weighted by Crippen LogP contribution is 2.25. The molecule has 1 aromatic heterocycles. The second-order valence-corrected chi connectivity index (χ2v) is 4.25. The zero-order chi connectivity index (χ0) is 13.3. The second-order valence-electron chi connectivity index (χ2n) is 3.87. The van der Waals surface area contributed by atoms with E-state index in [0.717, 1.165) is 11.1 Å². The Kier molecular flexibility index (Phi) is 3.43. The van der Waals surface area contributed by atoms with E-state index in [4.69, 9.17) is 11.6 Å². The Hall–Kier alpha value is -1.75. The highest BCUT2D eigenvalue weighted by Gasteiger charge is 2.12. The number of anilines is 2. The number of benzene rings is 1. The van der Waals surface area contributed by atoms with Crippen molar-refractivity contribution in [3.63, 3.8) is 0 Å². The Morgan fingerprint density at radius 1 is 1.11 bits per heavy atom. The summed E-state index contributed by atoms with van der Waals surface area (Å²) in [6.07, 6.45) is -1.16. The zero-order valence-electron chi connectivity index (χ0n) is 9.76. The Balaban J connectivity index is 2.36. The van der Waals surface area contributed by atoms with Gasteiger partial charge in [0.1, 0.15) is 5.02 Å². The molecular formula is C12H10ClF2N3. The van der Waals surface area contributed by atoms with Gasteiger partial charge < -0.3 is 5.32 Å². The summed E-state index contributed by atoms with van der Waals surface area (Å²) < 4.78 is 26.0. The highest BCUT2D eigenvalue weighted by molar-refractivity contribution is 6.33. The van der Waals surface area contributed by atoms with E-state index in [1.807, 2.05) is 26.0 Å². The molecule has 0 amide bonds. The molecule has 0 aliphatic rings. The van der Waals surface area contributed by atoms with E-state index in [2.05, 4.69) is 15.3 Å². The van der Waals surface area contributed by atoms with Crippen LogP contribution in [0.1, 0.15) is 11.1 Å². The molecule has 2 aromatic rings. The molecule has 0 bridgehead atoms. The SMILES string of the molecule is Cc1ccc(Nc2nc(F)nc(F)c2Cl)cc1C. The van der Waals surface area contributed by atoms with Crippen LogP contribution in [0.3, 0.4) is 0 Å². The lowest BCUT2D eigenvalue weighted by molar-refractivity contribution is 0.485. The van der Waals surface area contributed by atoms with Crippen LogP contribution in [0.15, 0.2) is 18.2 Å². The van der Waals surface area contributed by atoms with Crippen molar-refractivity contribution in [2.75, 3.05) is 5.32 Å². The summed E-state index contributed by atoms with van der Waals surface area (Å²) in [6, 6.07) is 5.50. The number of nitrogens with zero attached hydrogens (tertiary/aromatic N) is 2. The van der Waals surface area contributed by atoms with Gasteiger partial charge in [0.2, 0.25) is 5.95 Å². The normalized spacial score (nSPS) is 10.5. The maximum absolute atomic E-state index is 13.1. The number of aryl methyl sites for hydroxylation is 2. The fourth-order valence-electron chi connectivity index (χ4n) is 1.43. The quantitative estimate of drug-likeness (QED) is 0.666. The summed E-state index contributed by atoms with van der Waals surface area (Å²) in [4.78, 5) is 6.31. The Morgan fingerprint density at radius 2 is 1.83 bits per heavy atom. The summed E-state index contributed by atoms with van der Waals surface area (Å²) in [5.41, 5.74) is 2.82. The van der Waals surface area contributed by atoms with Gasteiger partial charge >= 0.3 is 6.08 Å². The molecule has 0 fully saturated rings. The van der Waals surface area contributed by atoms with Crippen molar-refractivity contribution in [2.24, 2.45) is 0 Å². The van der Waals surface area contributed by atoms with E-state index in [-0.39, 0.29) is 10.8 Å². The van der Waals surface area contributed by atoms with Gasteiger partial charge in [0.15, 0.2) is 5.82 Å². The molecule has 0 aliphatic heterocycles. The topological polar surface area (TPSA) is 37.8 Å². The van der Waals surface area contributed by atoms with Crippen LogP contribution < -0.4 is 5.32 Å². The molecule has 1 heterocycles. The third-order valence-electron chi connectivity index (χ3n) is 2.55. The zero-order valence-corrected chi connectivity index (χ0v) is 10.5. The standard InChI is InChI=1S/C12H10ClF2N3/c1-6-3-4-8(5-7(6)2)16-11-9(13)10(14)17-12(15)18-11/h3-5H,1-2H3,(H,16,17,18). The largest absolute Gasteiger partial charge is 0.339 e. The van der Waals surface area contributed by atoms with Crippen LogP contribution in [-0.4, -0.2) is 9.97 Å². The second kappa shape index (κ2) is 4.86.